The number of esters is 1. The van der Waals surface area contributed by atoms with Crippen LogP contribution in [0.3, 0.4) is 0 Å². The summed E-state index contributed by atoms with van der Waals surface area (Å²) in [5, 5.41) is 59.0. The number of aliphatic hydroxyl groups excluding tert-OH is 3. The van der Waals surface area contributed by atoms with Gasteiger partial charge in [-0.1, -0.05) is 408 Å². The van der Waals surface area contributed by atoms with Gasteiger partial charge >= 0.3 is 18.1 Å². The van der Waals surface area contributed by atoms with E-state index in [4.69, 9.17) is 40.5 Å². The molecule has 146 heavy (non-hydrogen) atoms. The first-order valence-corrected chi connectivity index (χ1v) is 50.0. The van der Waals surface area contributed by atoms with Crippen molar-refractivity contribution in [2.24, 2.45) is 47.2 Å². The summed E-state index contributed by atoms with van der Waals surface area (Å²) in [6, 6.07) is 0. The normalized spacial score (nSPS) is 10.9. The molecule has 0 heterocycles. The van der Waals surface area contributed by atoms with Crippen molar-refractivity contribution in [2.45, 2.75) is 595 Å². The van der Waals surface area contributed by atoms with Gasteiger partial charge in [-0.15, -0.1) is 0 Å². The van der Waals surface area contributed by atoms with Gasteiger partial charge in [0.15, 0.2) is 0 Å². The number of ether oxygens (including phenoxy) is 1. The molecule has 0 saturated heterocycles. The van der Waals surface area contributed by atoms with E-state index >= 15 is 0 Å². The Bertz CT molecular complexity index is 2210. The number of rotatable bonds is 61. The van der Waals surface area contributed by atoms with Gasteiger partial charge in [0.1, 0.15) is 0 Å². The smallest absolute Gasteiger partial charge is 0.373 e. The van der Waals surface area contributed by atoms with Crippen LogP contribution in [0.4, 0.5) is 0 Å². The second kappa shape index (κ2) is 197. The zero-order chi connectivity index (χ0) is 97.9. The largest absolute Gasteiger partial charge is 0.550 e. The second-order valence-corrected chi connectivity index (χ2v) is 34.3. The fraction of sp³-hybridized carbons (Fsp3) is 0.925. The molecule has 1 aliphatic rings. The molecule has 1 saturated carbocycles. The number of carbonyl (C=O) groups excluding carboxylic acids is 9. The van der Waals surface area contributed by atoms with E-state index < -0.39 is 11.9 Å². The van der Waals surface area contributed by atoms with Crippen LogP contribution in [-0.4, -0.2) is 203 Å². The lowest BCUT2D eigenvalue weighted by Gasteiger charge is -2.26. The number of unbranched alkanes of at least 4 members (excludes halogenated alkanes) is 18. The Morgan fingerprint density at radius 1 is 0.418 bits per heavy atom. The zero-order valence-electron chi connectivity index (χ0n) is 85.9. The van der Waals surface area contributed by atoms with Gasteiger partial charge in [0.05, 0.1) is 45.5 Å². The van der Waals surface area contributed by atoms with Crippen LogP contribution in [0.15, 0.2) is 0 Å². The summed E-state index contributed by atoms with van der Waals surface area (Å²) in [5.74, 6) is 3.16. The van der Waals surface area contributed by atoms with E-state index in [0.717, 1.165) is 199 Å². The van der Waals surface area contributed by atoms with Gasteiger partial charge in [-0.3, -0.25) is 33.6 Å². The molecule has 0 aromatic heterocycles. The molecular formula is C120H296N10O16+2. The number of carbonyl (C=O) groups is 8. The number of nitrogens with one attached hydrogen (secondary N) is 4. The van der Waals surface area contributed by atoms with Crippen LogP contribution < -0.4 is 48.9 Å². The molecule has 26 nitrogen and oxygen atoms in total. The van der Waals surface area contributed by atoms with Gasteiger partial charge in [-0.25, -0.2) is 0 Å². The first kappa shape index (κ1) is 232. The van der Waals surface area contributed by atoms with Crippen molar-refractivity contribution >= 4 is 53.6 Å². The van der Waals surface area contributed by atoms with Gasteiger partial charge in [0.2, 0.25) is 29.5 Å². The average Bonchev–Trinajstić information content (AvgIpc) is 0.890. The number of quaternary nitrogens is 3. The summed E-state index contributed by atoms with van der Waals surface area (Å²) in [6.07, 6.45) is 46.1. The Hall–Kier alpha value is -5.18. The number of amides is 5. The van der Waals surface area contributed by atoms with E-state index in [0.29, 0.717) is 86.7 Å². The number of aliphatic hydroxyl groups is 3. The molecule has 1 rings (SSSR count). The van der Waals surface area contributed by atoms with Crippen molar-refractivity contribution < 1.29 is 95.0 Å². The third-order valence-electron chi connectivity index (χ3n) is 21.2. The first-order chi connectivity index (χ1) is 59.4. The highest BCUT2D eigenvalue weighted by molar-refractivity contribution is 5.79. The summed E-state index contributed by atoms with van der Waals surface area (Å²) < 4.78 is 4.80. The van der Waals surface area contributed by atoms with Crippen LogP contribution in [0.5, 0.6) is 0 Å². The molecule has 26 heteroatoms. The van der Waals surface area contributed by atoms with E-state index in [1.807, 2.05) is 44.8 Å². The quantitative estimate of drug-likeness (QED) is 0.0199. The van der Waals surface area contributed by atoms with Crippen LogP contribution in [0.25, 0.3) is 0 Å². The summed E-state index contributed by atoms with van der Waals surface area (Å²) >= 11 is 0. The van der Waals surface area contributed by atoms with Crippen molar-refractivity contribution in [2.75, 3.05) is 107 Å². The SMILES string of the molecule is C.C.C.C.C.C.C.C.C.C.C.C.C.C.C.C.C.C.C.C.C.CC(O)CCCCCCCCCCC(=O)[O-].CCC(C)CN.CCC(C)CNC(=O)CCCC(=O)O.CCC(C)CNC(=O)CCCCCO.CCC(C)CNC(=O)CCCCCOC(C)=O.CCC(C)C[NH3+].CCC(C)C[NH3+].CCCN(C)C(=O)C1CCCCC1.CCCN(C)C(=O)CCCCCCCCCCC(C)O.CCCNC.CCC[NH2+]C.O=C=O. The zero-order valence-corrected chi connectivity index (χ0v) is 85.9. The number of hydrogen-bond acceptors (Lipinski definition) is 17. The van der Waals surface area contributed by atoms with Crippen LogP contribution in [0, 0.1) is 41.4 Å². The predicted molar refractivity (Wildman–Crippen MR) is 659 cm³/mol. The second-order valence-electron chi connectivity index (χ2n) is 34.3. The molecule has 0 radical (unpaired) electrons. The number of nitrogens with zero attached hydrogens (tertiary/aromatic N) is 2. The molecule has 920 valence electrons. The highest BCUT2D eigenvalue weighted by Gasteiger charge is 2.23. The number of carboxylic acid groups (broad SMARTS) is 2. The van der Waals surface area contributed by atoms with Crippen molar-refractivity contribution in [3.05, 3.63) is 0 Å². The van der Waals surface area contributed by atoms with Gasteiger partial charge in [0, 0.05) is 116 Å². The molecule has 0 aromatic rings. The summed E-state index contributed by atoms with van der Waals surface area (Å²) in [7, 11) is 7.88. The predicted octanol–water partition coefficient (Wildman–Crippen LogP) is 28.5. The van der Waals surface area contributed by atoms with E-state index in [1.165, 1.54) is 129 Å². The van der Waals surface area contributed by atoms with E-state index in [9.17, 15) is 43.5 Å². The molecule has 0 bridgehead atoms. The van der Waals surface area contributed by atoms with Crippen LogP contribution >= 0.6 is 0 Å². The van der Waals surface area contributed by atoms with Crippen molar-refractivity contribution in [3.63, 3.8) is 0 Å². The Balaban J connectivity index is -0.0000000328. The fourth-order valence-electron chi connectivity index (χ4n) is 10.7. The standard InChI is InChI=1S/C17H35NO2.C13H25NO3.C13H26O3.C11H23NO2.C11H21NO.C10H19NO3.3C5H13N.2C4H11N.CO2.21CH4/c1-4-15-18(3)17(20)14-12-10-8-6-5-7-9-11-13-16(2)19;1-4-11(2)10-14-13(16)8-6-5-7-9-17-12(3)15;1-12(14)10-8-6-4-2-3-5-7-9-11-13(15)16;1-3-10(2)9-12-11(14)7-5-4-6-8-13;1-3-9-12(2)11(13)10-7-5-4-6-8-10;1-3-8(2)7-11-9(12)5-4-6-10(13)14;3*1-3-5(2)4-6;2*1-3-4-5-2;2-1-3;;;;;;;;;;;;;;;;;;;;;/h16,19H,4-15H2,1-3H3;11H,4-10H2,1-3H3,(H,14,16);12,14H,2-11H2,1H3,(H,15,16);10,13H,3-9H2,1-2H3,(H,12,14);10H,3-9H2,1-2H3;8H,3-7H2,1-2H3,(H,11,12)(H,13,14);3*5H,3-4,6H2,1-2H3;2*5H,3-4H2,1-2H3;;21*1H4/p+2. The fourth-order valence-corrected chi connectivity index (χ4v) is 10.7. The van der Waals surface area contributed by atoms with Gasteiger partial charge in [-0.05, 0) is 180 Å². The van der Waals surface area contributed by atoms with E-state index in [2.05, 4.69) is 156 Å². The number of carboxylic acids is 2. The lowest BCUT2D eigenvalue weighted by Crippen LogP contribution is -2.79. The number of nitrogens with two attached hydrogens (primary N) is 2. The molecule has 18 N–H and O–H groups in total. The molecule has 0 aliphatic heterocycles. The average molecular weight is 2140 g/mol. The van der Waals surface area contributed by atoms with Gasteiger partial charge in [-0.2, -0.15) is 9.59 Å². The Labute approximate surface area is 923 Å². The molecule has 5 amide bonds. The molecular weight excluding hydrogens is 1840 g/mol. The maximum Gasteiger partial charge on any atom is 0.373 e. The summed E-state index contributed by atoms with van der Waals surface area (Å²) in [6.45, 7) is 49.5. The topological polar surface area (TPSA) is 436 Å². The lowest BCUT2D eigenvalue weighted by atomic mass is 9.88. The monoisotopic (exact) mass is 2130 g/mol. The number of aliphatic carboxylic acids is 2. The van der Waals surface area contributed by atoms with Crippen LogP contribution in [0.1, 0.15) is 583 Å². The van der Waals surface area contributed by atoms with Gasteiger partial charge < -0.3 is 88.6 Å². The van der Waals surface area contributed by atoms with E-state index in [1.54, 1.807) is 0 Å². The van der Waals surface area contributed by atoms with Crippen LogP contribution in [-0.2, 0) is 52.7 Å². The summed E-state index contributed by atoms with van der Waals surface area (Å²) in [5.41, 5.74) is 12.8. The molecule has 0 spiro atoms. The molecule has 0 aromatic carbocycles. The third-order valence-corrected chi connectivity index (χ3v) is 21.2. The third kappa shape index (κ3) is 240. The highest BCUT2D eigenvalue weighted by atomic mass is 16.5. The van der Waals surface area contributed by atoms with Crippen molar-refractivity contribution in [1.29, 1.82) is 0 Å². The Kier molecular flexibility index (Phi) is 314. The maximum absolute atomic E-state index is 11.8. The molecule has 8 atom stereocenters. The minimum absolute atomic E-state index is 0. The van der Waals surface area contributed by atoms with Crippen LogP contribution in [0.2, 0.25) is 0 Å². The van der Waals surface area contributed by atoms with Crippen molar-refractivity contribution in [3.8, 4) is 0 Å². The Morgan fingerprint density at radius 3 is 0.945 bits per heavy atom. The minimum Gasteiger partial charge on any atom is -0.550 e. The van der Waals surface area contributed by atoms with E-state index in [-0.39, 0.29) is 217 Å². The molecule has 8 unspecified atom stereocenters. The minimum atomic E-state index is -0.932. The molecule has 1 aliphatic carbocycles. The lowest BCUT2D eigenvalue weighted by molar-refractivity contribution is -0.626. The Morgan fingerprint density at radius 2 is 0.712 bits per heavy atom. The first-order valence-electron chi connectivity index (χ1n) is 50.0. The highest BCUT2D eigenvalue weighted by Crippen LogP contribution is 2.25. The van der Waals surface area contributed by atoms with Gasteiger partial charge in [0.25, 0.3) is 0 Å². The maximum atomic E-state index is 11.8. The number of hydrogen-bond donors (Lipinski definition) is 12. The summed E-state index contributed by atoms with van der Waals surface area (Å²) in [4.78, 5) is 108. The van der Waals surface area contributed by atoms with Crippen molar-refractivity contribution in [1.82, 2.24) is 31.1 Å². The molecule has 1 fully saturated rings.